The third-order valence-electron chi connectivity index (χ3n) is 3.07. The highest BCUT2D eigenvalue weighted by atomic mass is 32.2. The van der Waals surface area contributed by atoms with E-state index in [1.54, 1.807) is 7.05 Å². The van der Waals surface area contributed by atoms with Crippen molar-refractivity contribution in [3.8, 4) is 0 Å². The second-order valence-corrected chi connectivity index (χ2v) is 5.39. The highest BCUT2D eigenvalue weighted by Gasteiger charge is 2.47. The van der Waals surface area contributed by atoms with Crippen LogP contribution in [0, 0.1) is 0 Å². The SMILES string of the molecule is CCN1C(SCC(C)=O)=NC2C1C(=O)NC(=O)N2C. The minimum Gasteiger partial charge on any atom is -0.336 e. The number of hydrogen-bond acceptors (Lipinski definition) is 6. The molecule has 0 saturated carbocycles. The Morgan fingerprint density at radius 1 is 1.47 bits per heavy atom. The Kier molecular flexibility index (Phi) is 3.79. The Morgan fingerprint density at radius 2 is 2.16 bits per heavy atom. The summed E-state index contributed by atoms with van der Waals surface area (Å²) < 4.78 is 0. The van der Waals surface area contributed by atoms with Gasteiger partial charge in [-0.25, -0.2) is 9.79 Å². The smallest absolute Gasteiger partial charge is 0.325 e. The predicted molar refractivity (Wildman–Crippen MR) is 71.8 cm³/mol. The summed E-state index contributed by atoms with van der Waals surface area (Å²) in [6.45, 7) is 4.02. The number of hydrogen-bond donors (Lipinski definition) is 1. The summed E-state index contributed by atoms with van der Waals surface area (Å²) in [5, 5.41) is 2.95. The average molecular weight is 284 g/mol. The minimum atomic E-state index is -0.504. The van der Waals surface area contributed by atoms with Gasteiger partial charge in [0.1, 0.15) is 5.78 Å². The fourth-order valence-electron chi connectivity index (χ4n) is 2.12. The van der Waals surface area contributed by atoms with Gasteiger partial charge < -0.3 is 9.80 Å². The normalized spacial score (nSPS) is 26.2. The van der Waals surface area contributed by atoms with Crippen LogP contribution in [0.4, 0.5) is 4.79 Å². The maximum Gasteiger partial charge on any atom is 0.325 e. The van der Waals surface area contributed by atoms with Crippen LogP contribution >= 0.6 is 11.8 Å². The number of carbonyl (C=O) groups excluding carboxylic acids is 3. The molecule has 3 amide bonds. The molecule has 0 aliphatic carbocycles. The Morgan fingerprint density at radius 3 is 2.74 bits per heavy atom. The number of nitrogens with zero attached hydrogens (tertiary/aromatic N) is 3. The van der Waals surface area contributed by atoms with E-state index in [0.29, 0.717) is 17.5 Å². The molecule has 2 heterocycles. The van der Waals surface area contributed by atoms with Crippen molar-refractivity contribution in [2.75, 3.05) is 19.3 Å². The quantitative estimate of drug-likeness (QED) is 0.781. The summed E-state index contributed by atoms with van der Waals surface area (Å²) in [6, 6.07) is -0.939. The first-order valence-corrected chi connectivity index (χ1v) is 6.98. The number of carbonyl (C=O) groups is 3. The summed E-state index contributed by atoms with van der Waals surface area (Å²) in [6.07, 6.45) is -0.504. The van der Waals surface area contributed by atoms with E-state index in [0.717, 1.165) is 0 Å². The van der Waals surface area contributed by atoms with Gasteiger partial charge in [0.2, 0.25) is 0 Å². The van der Waals surface area contributed by atoms with Crippen molar-refractivity contribution >= 4 is 34.7 Å². The van der Waals surface area contributed by atoms with Crippen molar-refractivity contribution in [2.24, 2.45) is 4.99 Å². The topological polar surface area (TPSA) is 82.1 Å². The first-order valence-electron chi connectivity index (χ1n) is 6.00. The molecule has 0 aromatic carbocycles. The number of Topliss-reactive ketones (excluding diaryl/α,β-unsaturated/α-hetero) is 1. The molecule has 0 aromatic rings. The van der Waals surface area contributed by atoms with Crippen LogP contribution in [0.3, 0.4) is 0 Å². The second-order valence-electron chi connectivity index (χ2n) is 4.45. The lowest BCUT2D eigenvalue weighted by atomic mass is 10.1. The molecule has 0 radical (unpaired) electrons. The zero-order valence-corrected chi connectivity index (χ0v) is 11.9. The Bertz CT molecular complexity index is 465. The van der Waals surface area contributed by atoms with Gasteiger partial charge in [0.15, 0.2) is 17.4 Å². The minimum absolute atomic E-state index is 0.0486. The van der Waals surface area contributed by atoms with Crippen molar-refractivity contribution in [1.82, 2.24) is 15.1 Å². The lowest BCUT2D eigenvalue weighted by molar-refractivity contribution is -0.127. The molecule has 1 fully saturated rings. The molecule has 2 aliphatic rings. The van der Waals surface area contributed by atoms with Crippen LogP contribution in [0.25, 0.3) is 0 Å². The Labute approximate surface area is 115 Å². The van der Waals surface area contributed by atoms with Gasteiger partial charge in [-0.15, -0.1) is 0 Å². The number of urea groups is 1. The third-order valence-corrected chi connectivity index (χ3v) is 4.22. The van der Waals surface area contributed by atoms with Crippen molar-refractivity contribution in [1.29, 1.82) is 0 Å². The number of fused-ring (bicyclic) bond motifs is 1. The molecule has 0 spiro atoms. The van der Waals surface area contributed by atoms with E-state index in [2.05, 4.69) is 10.3 Å². The molecule has 104 valence electrons. The van der Waals surface area contributed by atoms with E-state index in [-0.39, 0.29) is 11.7 Å². The molecule has 2 aliphatic heterocycles. The maximum atomic E-state index is 11.9. The van der Waals surface area contributed by atoms with E-state index in [4.69, 9.17) is 0 Å². The lowest BCUT2D eigenvalue weighted by Gasteiger charge is -2.35. The van der Waals surface area contributed by atoms with Gasteiger partial charge in [-0.3, -0.25) is 14.9 Å². The summed E-state index contributed by atoms with van der Waals surface area (Å²) in [5.41, 5.74) is 0. The number of amides is 3. The molecule has 19 heavy (non-hydrogen) atoms. The summed E-state index contributed by atoms with van der Waals surface area (Å²) in [4.78, 5) is 42.2. The largest absolute Gasteiger partial charge is 0.336 e. The lowest BCUT2D eigenvalue weighted by Crippen LogP contribution is -2.63. The summed E-state index contributed by atoms with van der Waals surface area (Å²) in [5.74, 6) is 0.0262. The molecule has 2 atom stereocenters. The number of likely N-dealkylation sites (N-methyl/N-ethyl adjacent to an activating group) is 2. The van der Waals surface area contributed by atoms with Gasteiger partial charge in [-0.2, -0.15) is 0 Å². The summed E-state index contributed by atoms with van der Waals surface area (Å²) in [7, 11) is 1.61. The van der Waals surface area contributed by atoms with E-state index in [1.165, 1.54) is 23.6 Å². The average Bonchev–Trinajstić information content (AvgIpc) is 2.72. The molecule has 2 unspecified atom stereocenters. The predicted octanol–water partition coefficient (Wildman–Crippen LogP) is -0.124. The molecule has 1 N–H and O–H groups in total. The van der Waals surface area contributed by atoms with Crippen molar-refractivity contribution in [3.63, 3.8) is 0 Å². The van der Waals surface area contributed by atoms with Crippen LogP contribution < -0.4 is 5.32 Å². The monoisotopic (exact) mass is 284 g/mol. The zero-order valence-electron chi connectivity index (χ0n) is 11.0. The number of amidine groups is 1. The van der Waals surface area contributed by atoms with Crippen LogP contribution in [0.2, 0.25) is 0 Å². The van der Waals surface area contributed by atoms with E-state index in [9.17, 15) is 14.4 Å². The van der Waals surface area contributed by atoms with Gasteiger partial charge >= 0.3 is 6.03 Å². The maximum absolute atomic E-state index is 11.9. The van der Waals surface area contributed by atoms with Crippen LogP contribution in [0.5, 0.6) is 0 Å². The summed E-state index contributed by atoms with van der Waals surface area (Å²) >= 11 is 1.30. The number of rotatable bonds is 3. The van der Waals surface area contributed by atoms with E-state index >= 15 is 0 Å². The van der Waals surface area contributed by atoms with E-state index < -0.39 is 18.2 Å². The molecular weight excluding hydrogens is 268 g/mol. The molecule has 0 bridgehead atoms. The van der Waals surface area contributed by atoms with Crippen molar-refractivity contribution in [3.05, 3.63) is 0 Å². The van der Waals surface area contributed by atoms with Gasteiger partial charge in [-0.05, 0) is 13.8 Å². The van der Waals surface area contributed by atoms with Crippen LogP contribution in [0.1, 0.15) is 13.8 Å². The first-order chi connectivity index (χ1) is 8.95. The fourth-order valence-corrected chi connectivity index (χ4v) is 3.04. The fraction of sp³-hybridized carbons (Fsp3) is 0.636. The highest BCUT2D eigenvalue weighted by Crippen LogP contribution is 2.27. The van der Waals surface area contributed by atoms with Crippen molar-refractivity contribution < 1.29 is 14.4 Å². The van der Waals surface area contributed by atoms with Gasteiger partial charge in [0, 0.05) is 13.6 Å². The zero-order chi connectivity index (χ0) is 14.2. The van der Waals surface area contributed by atoms with E-state index in [1.807, 2.05) is 11.8 Å². The molecule has 2 rings (SSSR count). The van der Waals surface area contributed by atoms with Crippen molar-refractivity contribution in [2.45, 2.75) is 26.1 Å². The molecule has 7 nitrogen and oxygen atoms in total. The van der Waals surface area contributed by atoms with Gasteiger partial charge in [0.05, 0.1) is 5.75 Å². The van der Waals surface area contributed by atoms with Gasteiger partial charge in [-0.1, -0.05) is 11.8 Å². The highest BCUT2D eigenvalue weighted by molar-refractivity contribution is 8.14. The van der Waals surface area contributed by atoms with Gasteiger partial charge in [0.25, 0.3) is 5.91 Å². The molecule has 0 aromatic heterocycles. The number of aliphatic imine (C=N–C) groups is 1. The molecule has 8 heteroatoms. The number of nitrogens with one attached hydrogen (secondary N) is 1. The molecule has 1 saturated heterocycles. The van der Waals surface area contributed by atoms with Crippen LogP contribution in [0.15, 0.2) is 4.99 Å². The second kappa shape index (κ2) is 5.20. The number of thioether (sulfide) groups is 1. The Balaban J connectivity index is 2.23. The van der Waals surface area contributed by atoms with Crippen LogP contribution in [-0.2, 0) is 9.59 Å². The first kappa shape index (κ1) is 13.9. The molecular formula is C11H16N4O3S. The number of ketones is 1. The number of imide groups is 1. The third kappa shape index (κ3) is 2.44. The standard InChI is InChI=1S/C11H16N4O3S/c1-4-15-7-8(12-11(15)19-5-6(2)16)14(3)10(18)13-9(7)17/h7-8H,4-5H2,1-3H3,(H,13,17,18). The van der Waals surface area contributed by atoms with Crippen LogP contribution in [-0.4, -0.2) is 64.2 Å². The Hall–Kier alpha value is -1.57.